The van der Waals surface area contributed by atoms with Crippen molar-refractivity contribution in [3.8, 4) is 5.75 Å². The Kier molecular flexibility index (Phi) is 2.73. The predicted octanol–water partition coefficient (Wildman–Crippen LogP) is 2.27. The Labute approximate surface area is 113 Å². The van der Waals surface area contributed by atoms with Crippen molar-refractivity contribution >= 4 is 10.1 Å². The van der Waals surface area contributed by atoms with Gasteiger partial charge in [0.05, 0.1) is 6.10 Å². The topological polar surface area (TPSA) is 52.6 Å². The van der Waals surface area contributed by atoms with Crippen LogP contribution in [0.25, 0.3) is 0 Å². The number of hydrogen-bond acceptors (Lipinski definition) is 4. The highest BCUT2D eigenvalue weighted by Crippen LogP contribution is 2.45. The molecule has 0 saturated carbocycles. The summed E-state index contributed by atoms with van der Waals surface area (Å²) < 4.78 is 35.7. The second-order valence-electron chi connectivity index (χ2n) is 5.29. The van der Waals surface area contributed by atoms with E-state index in [-0.39, 0.29) is 6.10 Å². The summed E-state index contributed by atoms with van der Waals surface area (Å²) in [7, 11) is -3.70. The number of para-hydroxylation sites is 1. The van der Waals surface area contributed by atoms with Gasteiger partial charge >= 0.3 is 10.1 Å². The first-order valence-electron chi connectivity index (χ1n) is 6.26. The molecule has 5 heteroatoms. The maximum absolute atomic E-state index is 12.4. The lowest BCUT2D eigenvalue weighted by Crippen LogP contribution is -2.41. The highest BCUT2D eigenvalue weighted by molar-refractivity contribution is 7.87. The molecule has 2 heterocycles. The largest absolute Gasteiger partial charge is 0.382 e. The van der Waals surface area contributed by atoms with Crippen molar-refractivity contribution in [2.75, 3.05) is 0 Å². The lowest BCUT2D eigenvalue weighted by atomic mass is 9.92. The SMILES string of the molecule is CC1=C[C@]2(C)O[C@H]1C[C@H]2S(=O)(=O)Oc1ccccc1. The number of fused-ring (bicyclic) bond motifs is 2. The quantitative estimate of drug-likeness (QED) is 0.629. The van der Waals surface area contributed by atoms with Gasteiger partial charge in [0, 0.05) is 6.42 Å². The molecule has 3 rings (SSSR count). The van der Waals surface area contributed by atoms with E-state index in [1.165, 1.54) is 0 Å². The van der Waals surface area contributed by atoms with Crippen LogP contribution < -0.4 is 4.18 Å². The Hall–Kier alpha value is -1.33. The summed E-state index contributed by atoms with van der Waals surface area (Å²) in [6.45, 7) is 3.77. The first-order chi connectivity index (χ1) is 8.91. The first kappa shape index (κ1) is 12.7. The number of ether oxygens (including phenoxy) is 1. The Bertz CT molecular complexity index is 620. The second-order valence-corrected chi connectivity index (χ2v) is 7.01. The summed E-state index contributed by atoms with van der Waals surface area (Å²) in [5, 5.41) is -0.645. The van der Waals surface area contributed by atoms with Crippen LogP contribution in [0.5, 0.6) is 5.75 Å². The average molecular weight is 280 g/mol. The third kappa shape index (κ3) is 2.07. The van der Waals surface area contributed by atoms with Gasteiger partial charge in [0.2, 0.25) is 0 Å². The molecule has 0 aliphatic carbocycles. The Morgan fingerprint density at radius 3 is 2.53 bits per heavy atom. The number of hydrogen-bond donors (Lipinski definition) is 0. The molecule has 3 atom stereocenters. The molecule has 19 heavy (non-hydrogen) atoms. The minimum atomic E-state index is -3.70. The van der Waals surface area contributed by atoms with Gasteiger partial charge in [0.25, 0.3) is 0 Å². The first-order valence-corrected chi connectivity index (χ1v) is 7.73. The molecule has 4 nitrogen and oxygen atoms in total. The van der Waals surface area contributed by atoms with E-state index in [1.54, 1.807) is 31.2 Å². The van der Waals surface area contributed by atoms with Gasteiger partial charge in [-0.1, -0.05) is 24.3 Å². The van der Waals surface area contributed by atoms with Crippen molar-refractivity contribution in [2.24, 2.45) is 0 Å². The van der Waals surface area contributed by atoms with Crippen LogP contribution in [0.15, 0.2) is 42.0 Å². The monoisotopic (exact) mass is 280 g/mol. The van der Waals surface area contributed by atoms with Crippen molar-refractivity contribution in [1.82, 2.24) is 0 Å². The van der Waals surface area contributed by atoms with E-state index in [9.17, 15) is 8.42 Å². The zero-order valence-electron chi connectivity index (χ0n) is 10.9. The van der Waals surface area contributed by atoms with Crippen molar-refractivity contribution in [2.45, 2.75) is 37.2 Å². The smallest absolute Gasteiger partial charge is 0.315 e. The van der Waals surface area contributed by atoms with Gasteiger partial charge < -0.3 is 8.92 Å². The maximum atomic E-state index is 12.4. The minimum absolute atomic E-state index is 0.0934. The van der Waals surface area contributed by atoms with Gasteiger partial charge in [-0.2, -0.15) is 8.42 Å². The van der Waals surface area contributed by atoms with E-state index in [0.29, 0.717) is 12.2 Å². The Morgan fingerprint density at radius 2 is 2.00 bits per heavy atom. The summed E-state index contributed by atoms with van der Waals surface area (Å²) in [6.07, 6.45) is 2.27. The second kappa shape index (κ2) is 4.08. The molecule has 0 radical (unpaired) electrons. The molecule has 1 fully saturated rings. The van der Waals surface area contributed by atoms with E-state index in [2.05, 4.69) is 0 Å². The summed E-state index contributed by atoms with van der Waals surface area (Å²) in [6, 6.07) is 8.57. The molecule has 102 valence electrons. The molecular formula is C14H16O4S. The van der Waals surface area contributed by atoms with Crippen LogP contribution in [0.1, 0.15) is 20.3 Å². The lowest BCUT2D eigenvalue weighted by molar-refractivity contribution is 0.0444. The van der Waals surface area contributed by atoms with E-state index in [4.69, 9.17) is 8.92 Å². The van der Waals surface area contributed by atoms with Crippen LogP contribution in [0.3, 0.4) is 0 Å². The zero-order valence-corrected chi connectivity index (χ0v) is 11.7. The average Bonchev–Trinajstić information content (AvgIpc) is 2.81. The molecule has 2 aliphatic heterocycles. The standard InChI is InChI=1S/C14H16O4S/c1-10-9-14(2)13(8-12(10)17-14)19(15,16)18-11-6-4-3-5-7-11/h3-7,9,12-13H,8H2,1-2H3/t12-,13+,14-/m0/s1. The van der Waals surface area contributed by atoms with E-state index < -0.39 is 21.0 Å². The highest BCUT2D eigenvalue weighted by Gasteiger charge is 2.55. The number of benzene rings is 1. The molecule has 0 N–H and O–H groups in total. The summed E-state index contributed by atoms with van der Waals surface area (Å²) in [5.41, 5.74) is 0.344. The fourth-order valence-corrected chi connectivity index (χ4v) is 4.49. The molecule has 0 amide bonds. The zero-order chi connectivity index (χ0) is 13.7. The third-order valence-electron chi connectivity index (χ3n) is 3.79. The Balaban J connectivity index is 1.87. The van der Waals surface area contributed by atoms with Crippen molar-refractivity contribution in [1.29, 1.82) is 0 Å². The van der Waals surface area contributed by atoms with E-state index in [0.717, 1.165) is 5.57 Å². The van der Waals surface area contributed by atoms with E-state index in [1.807, 2.05) is 19.1 Å². The molecule has 0 unspecified atom stereocenters. The molecule has 2 aliphatic rings. The van der Waals surface area contributed by atoms with Gasteiger partial charge in [-0.3, -0.25) is 0 Å². The van der Waals surface area contributed by atoms with Gasteiger partial charge in [-0.25, -0.2) is 0 Å². The van der Waals surface area contributed by atoms with Gasteiger partial charge in [0.15, 0.2) is 0 Å². The minimum Gasteiger partial charge on any atom is -0.382 e. The van der Waals surface area contributed by atoms with Crippen molar-refractivity contribution in [3.05, 3.63) is 42.0 Å². The summed E-state index contributed by atoms with van der Waals surface area (Å²) in [5.74, 6) is 0.342. The van der Waals surface area contributed by atoms with Crippen LogP contribution >= 0.6 is 0 Å². The predicted molar refractivity (Wildman–Crippen MR) is 71.4 cm³/mol. The molecule has 0 spiro atoms. The fourth-order valence-electron chi connectivity index (χ4n) is 2.88. The third-order valence-corrected chi connectivity index (χ3v) is 5.57. The van der Waals surface area contributed by atoms with Gasteiger partial charge in [-0.05, 0) is 31.6 Å². The normalized spacial score (nSPS) is 33.3. The molecule has 0 aromatic heterocycles. The summed E-state index contributed by atoms with van der Waals surface area (Å²) in [4.78, 5) is 0. The molecule has 1 aromatic rings. The van der Waals surface area contributed by atoms with Crippen LogP contribution in [-0.4, -0.2) is 25.4 Å². The fraction of sp³-hybridized carbons (Fsp3) is 0.429. The number of rotatable bonds is 3. The van der Waals surface area contributed by atoms with Gasteiger partial charge in [0.1, 0.15) is 16.6 Å². The van der Waals surface area contributed by atoms with Crippen molar-refractivity contribution in [3.63, 3.8) is 0 Å². The lowest BCUT2D eigenvalue weighted by Gasteiger charge is -2.25. The highest BCUT2D eigenvalue weighted by atomic mass is 32.2. The molecule has 1 saturated heterocycles. The van der Waals surface area contributed by atoms with Crippen LogP contribution in [0, 0.1) is 0 Å². The molecular weight excluding hydrogens is 264 g/mol. The molecule has 2 bridgehead atoms. The van der Waals surface area contributed by atoms with Crippen LogP contribution in [0.2, 0.25) is 0 Å². The summed E-state index contributed by atoms with van der Waals surface area (Å²) >= 11 is 0. The van der Waals surface area contributed by atoms with E-state index >= 15 is 0 Å². The Morgan fingerprint density at radius 1 is 1.32 bits per heavy atom. The molecule has 1 aromatic carbocycles. The maximum Gasteiger partial charge on any atom is 0.315 e. The van der Waals surface area contributed by atoms with Crippen LogP contribution in [-0.2, 0) is 14.9 Å². The van der Waals surface area contributed by atoms with Crippen LogP contribution in [0.4, 0.5) is 0 Å². The van der Waals surface area contributed by atoms with Gasteiger partial charge in [-0.15, -0.1) is 0 Å². The van der Waals surface area contributed by atoms with Crippen molar-refractivity contribution < 1.29 is 17.3 Å².